The largest absolute Gasteiger partial charge is 0.357 e. The van der Waals surface area contributed by atoms with Gasteiger partial charge in [-0.05, 0) is 51.7 Å². The Morgan fingerprint density at radius 1 is 1.23 bits per heavy atom. The zero-order valence-corrected chi connectivity index (χ0v) is 22.0. The second-order valence-electron chi connectivity index (χ2n) is 8.57. The second kappa shape index (κ2) is 12.2. The van der Waals surface area contributed by atoms with Crippen molar-refractivity contribution in [1.29, 1.82) is 0 Å². The maximum atomic E-state index is 11.5. The predicted octanol–water partition coefficient (Wildman–Crippen LogP) is 2.46. The van der Waals surface area contributed by atoms with Gasteiger partial charge >= 0.3 is 0 Å². The molecule has 1 aromatic carbocycles. The molecular formula is C21H38IN5O2S. The van der Waals surface area contributed by atoms with Crippen LogP contribution in [0.2, 0.25) is 0 Å². The number of hydrogen-bond donors (Lipinski definition) is 3. The van der Waals surface area contributed by atoms with E-state index >= 15 is 0 Å². The van der Waals surface area contributed by atoms with Gasteiger partial charge in [-0.1, -0.05) is 24.3 Å². The molecule has 172 valence electrons. The molecule has 0 radical (unpaired) electrons. The van der Waals surface area contributed by atoms with E-state index in [1.54, 1.807) is 0 Å². The lowest BCUT2D eigenvalue weighted by molar-refractivity contribution is 0.198. The Bertz CT molecular complexity index is 790. The number of benzene rings is 1. The van der Waals surface area contributed by atoms with Crippen molar-refractivity contribution in [2.45, 2.75) is 58.7 Å². The first-order chi connectivity index (χ1) is 13.6. The highest BCUT2D eigenvalue weighted by molar-refractivity contribution is 14.0. The number of aliphatic imine (C=N–C) groups is 1. The van der Waals surface area contributed by atoms with Gasteiger partial charge in [-0.3, -0.25) is 9.89 Å². The molecule has 1 heterocycles. The molecule has 0 aromatic heterocycles. The number of likely N-dealkylation sites (tertiary alicyclic amines) is 1. The Morgan fingerprint density at radius 3 is 2.43 bits per heavy atom. The van der Waals surface area contributed by atoms with Crippen LogP contribution in [0.1, 0.15) is 44.7 Å². The minimum absolute atomic E-state index is 0. The van der Waals surface area contributed by atoms with E-state index < -0.39 is 15.6 Å². The molecular weight excluding hydrogens is 513 g/mol. The summed E-state index contributed by atoms with van der Waals surface area (Å²) in [5, 5.41) is 6.79. The maximum absolute atomic E-state index is 11.5. The maximum Gasteiger partial charge on any atom is 0.209 e. The smallest absolute Gasteiger partial charge is 0.209 e. The van der Waals surface area contributed by atoms with Crippen LogP contribution in [0.3, 0.4) is 0 Å². The Kier molecular flexibility index (Phi) is 11.0. The molecule has 1 saturated heterocycles. The molecule has 2 rings (SSSR count). The molecule has 9 heteroatoms. The highest BCUT2D eigenvalue weighted by Crippen LogP contribution is 2.16. The zero-order valence-electron chi connectivity index (χ0n) is 18.9. The minimum atomic E-state index is -3.27. The zero-order chi connectivity index (χ0) is 21.5. The van der Waals surface area contributed by atoms with Crippen LogP contribution in [0.4, 0.5) is 0 Å². The van der Waals surface area contributed by atoms with E-state index in [2.05, 4.69) is 56.4 Å². The van der Waals surface area contributed by atoms with Gasteiger partial charge in [0.2, 0.25) is 10.0 Å². The first kappa shape index (κ1) is 27.1. The van der Waals surface area contributed by atoms with Gasteiger partial charge in [-0.25, -0.2) is 13.1 Å². The van der Waals surface area contributed by atoms with Crippen molar-refractivity contribution in [1.82, 2.24) is 20.3 Å². The fraction of sp³-hybridized carbons (Fsp3) is 0.667. The van der Waals surface area contributed by atoms with Crippen molar-refractivity contribution in [3.63, 3.8) is 0 Å². The molecule has 0 aliphatic carbocycles. The third kappa shape index (κ3) is 9.93. The average Bonchev–Trinajstić information content (AvgIpc) is 2.61. The second-order valence-corrected chi connectivity index (χ2v) is 10.3. The van der Waals surface area contributed by atoms with Crippen LogP contribution >= 0.6 is 24.0 Å². The first-order valence-electron chi connectivity index (χ1n) is 10.4. The third-order valence-electron chi connectivity index (χ3n) is 5.02. The molecule has 0 unspecified atom stereocenters. The van der Waals surface area contributed by atoms with E-state index in [0.717, 1.165) is 45.0 Å². The first-order valence-corrected chi connectivity index (χ1v) is 12.3. The van der Waals surface area contributed by atoms with Crippen molar-refractivity contribution in [2.75, 3.05) is 32.4 Å². The Hall–Kier alpha value is -0.910. The molecule has 0 amide bonds. The SMILES string of the molecule is CCNC(=NCC(C)(C)NS(C)(=O)=O)NC1CCN(Cc2ccccc2C)CC1.I. The summed E-state index contributed by atoms with van der Waals surface area (Å²) in [5.41, 5.74) is 2.11. The molecule has 7 nitrogen and oxygen atoms in total. The predicted molar refractivity (Wildman–Crippen MR) is 136 cm³/mol. The van der Waals surface area contributed by atoms with E-state index in [4.69, 9.17) is 0 Å². The fourth-order valence-electron chi connectivity index (χ4n) is 3.59. The number of hydrogen-bond acceptors (Lipinski definition) is 4. The summed E-state index contributed by atoms with van der Waals surface area (Å²) in [6.07, 6.45) is 3.29. The lowest BCUT2D eigenvalue weighted by Crippen LogP contribution is -2.50. The van der Waals surface area contributed by atoms with E-state index in [1.165, 1.54) is 17.4 Å². The van der Waals surface area contributed by atoms with E-state index in [-0.39, 0.29) is 24.0 Å². The molecule has 1 aliphatic rings. The molecule has 1 fully saturated rings. The number of nitrogens with zero attached hydrogens (tertiary/aromatic N) is 2. The number of aryl methyl sites for hydroxylation is 1. The molecule has 3 N–H and O–H groups in total. The summed E-state index contributed by atoms with van der Waals surface area (Å²) < 4.78 is 25.7. The van der Waals surface area contributed by atoms with Gasteiger partial charge in [0.25, 0.3) is 0 Å². The Morgan fingerprint density at radius 2 is 1.87 bits per heavy atom. The van der Waals surface area contributed by atoms with Crippen LogP contribution < -0.4 is 15.4 Å². The lowest BCUT2D eigenvalue weighted by atomic mass is 10.0. The quantitative estimate of drug-likeness (QED) is 0.263. The highest BCUT2D eigenvalue weighted by atomic mass is 127. The van der Waals surface area contributed by atoms with Crippen LogP contribution in [0.15, 0.2) is 29.3 Å². The molecule has 1 aromatic rings. The number of guanidine groups is 1. The number of sulfonamides is 1. The van der Waals surface area contributed by atoms with Crippen LogP contribution in [0, 0.1) is 6.92 Å². The average molecular weight is 552 g/mol. The van der Waals surface area contributed by atoms with Gasteiger partial charge in [0, 0.05) is 37.8 Å². The van der Waals surface area contributed by atoms with Gasteiger partial charge in [0.15, 0.2) is 5.96 Å². The molecule has 0 spiro atoms. The summed E-state index contributed by atoms with van der Waals surface area (Å²) in [4.78, 5) is 7.12. The number of nitrogens with one attached hydrogen (secondary N) is 3. The summed E-state index contributed by atoms with van der Waals surface area (Å²) in [5.74, 6) is 0.744. The van der Waals surface area contributed by atoms with Crippen LogP contribution in [0.25, 0.3) is 0 Å². The van der Waals surface area contributed by atoms with Gasteiger partial charge in [0.1, 0.15) is 0 Å². The lowest BCUT2D eigenvalue weighted by Gasteiger charge is -2.33. The summed E-state index contributed by atoms with van der Waals surface area (Å²) in [6.45, 7) is 12.1. The van der Waals surface area contributed by atoms with Gasteiger partial charge in [-0.15, -0.1) is 24.0 Å². The van der Waals surface area contributed by atoms with E-state index in [1.807, 2.05) is 20.8 Å². The van der Waals surface area contributed by atoms with Crippen molar-refractivity contribution >= 4 is 40.0 Å². The summed E-state index contributed by atoms with van der Waals surface area (Å²) >= 11 is 0. The van der Waals surface area contributed by atoms with Crippen molar-refractivity contribution in [2.24, 2.45) is 4.99 Å². The number of halogens is 1. The molecule has 30 heavy (non-hydrogen) atoms. The Labute approximate surface area is 199 Å². The Balaban J connectivity index is 0.00000450. The van der Waals surface area contributed by atoms with Gasteiger partial charge < -0.3 is 10.6 Å². The van der Waals surface area contributed by atoms with Crippen LogP contribution in [0.5, 0.6) is 0 Å². The number of piperidine rings is 1. The topological polar surface area (TPSA) is 85.8 Å². The standard InChI is InChI=1S/C21H37N5O2S.HI/c1-6-22-20(23-16-21(3,4)25-29(5,27)28)24-19-11-13-26(14-12-19)15-18-10-8-7-9-17(18)2;/h7-10,19,25H,6,11-16H2,1-5H3,(H2,22,23,24);1H. The molecule has 0 bridgehead atoms. The summed E-state index contributed by atoms with van der Waals surface area (Å²) in [7, 11) is -3.27. The normalized spacial score (nSPS) is 16.8. The molecule has 0 atom stereocenters. The van der Waals surface area contributed by atoms with E-state index in [0.29, 0.717) is 12.6 Å². The highest BCUT2D eigenvalue weighted by Gasteiger charge is 2.23. The van der Waals surface area contributed by atoms with E-state index in [9.17, 15) is 8.42 Å². The van der Waals surface area contributed by atoms with Crippen molar-refractivity contribution < 1.29 is 8.42 Å². The van der Waals surface area contributed by atoms with Gasteiger partial charge in [0.05, 0.1) is 12.8 Å². The van der Waals surface area contributed by atoms with Crippen molar-refractivity contribution in [3.05, 3.63) is 35.4 Å². The van der Waals surface area contributed by atoms with Crippen molar-refractivity contribution in [3.8, 4) is 0 Å². The number of rotatable bonds is 8. The minimum Gasteiger partial charge on any atom is -0.357 e. The fourth-order valence-corrected chi connectivity index (χ4v) is 4.66. The molecule has 1 aliphatic heterocycles. The third-order valence-corrected chi connectivity index (χ3v) is 5.95. The monoisotopic (exact) mass is 551 g/mol. The van der Waals surface area contributed by atoms with Gasteiger partial charge in [-0.2, -0.15) is 0 Å². The molecule has 0 saturated carbocycles. The van der Waals surface area contributed by atoms with Crippen LogP contribution in [-0.4, -0.2) is 63.3 Å². The summed E-state index contributed by atoms with van der Waals surface area (Å²) in [6, 6.07) is 8.94. The van der Waals surface area contributed by atoms with Crippen LogP contribution in [-0.2, 0) is 16.6 Å².